The van der Waals surface area contributed by atoms with Crippen molar-refractivity contribution < 1.29 is 19.2 Å². The molecule has 146 heavy (non-hydrogen) atoms. The summed E-state index contributed by atoms with van der Waals surface area (Å²) < 4.78 is 154. The van der Waals surface area contributed by atoms with Crippen LogP contribution in [0.1, 0.15) is 19.2 Å². The van der Waals surface area contributed by atoms with Gasteiger partial charge in [-0.2, -0.15) is 0 Å². The van der Waals surface area contributed by atoms with Crippen LogP contribution in [0.15, 0.2) is 497 Å². The highest BCUT2D eigenvalue weighted by Crippen LogP contribution is 2.58. The molecule has 672 valence electrons. The number of hydrogen-bond acceptors (Lipinski definition) is 2. The van der Waals surface area contributed by atoms with Crippen molar-refractivity contribution in [1.82, 2.24) is 22.3 Å². The molecule has 8 heteroatoms. The zero-order chi connectivity index (χ0) is 107. The van der Waals surface area contributed by atoms with Crippen LogP contribution in [0.25, 0.3) is 258 Å². The fourth-order valence-corrected chi connectivity index (χ4v) is 25.4. The zero-order valence-electron chi connectivity index (χ0n) is 92.0. The summed E-state index contributed by atoms with van der Waals surface area (Å²) in [6.45, 7) is -0.884. The van der Waals surface area contributed by atoms with Crippen molar-refractivity contribution in [2.45, 2.75) is 0 Å². The highest BCUT2D eigenvalue weighted by Gasteiger charge is 2.47. The molecule has 23 aromatic carbocycles. The first-order chi connectivity index (χ1) is 78.3. The fourth-order valence-electron chi connectivity index (χ4n) is 25.4. The SMILES string of the molecule is [2H]c1c([2H])c([2H])c2c(c1[2H])c1c([2H])c([2H])c(-c3ccccc3)c([2H])c1n2-c1ccc2c(c1)N(c1c(-c3cc4c5ccccc5n5c6ccccc6c(c3)c45)cccc1-c1cc3c4ccccc4n4c5ccccc5c(c1)c34)c1cc(-c3ccc4c(c3)c3cccc5c6ccccc6n4c53)cc3c1B2c1ccc(-n2c4c([2H])c([2H])c([2H])c([2H])c4c4c([2H])c([2H])c(-c5ccccc5)c([2H])c42)cc1N3c1c(-c2ccccc2)cc(-c2ccccc2)cc1-c1ccccc1. The minimum atomic E-state index is -0.884. The molecule has 0 fully saturated rings. The van der Waals surface area contributed by atoms with E-state index in [9.17, 15) is 19.2 Å². The fraction of sp³-hybridized carbons (Fsp3) is 0. The van der Waals surface area contributed by atoms with E-state index in [0.29, 0.717) is 45.3 Å². The molecule has 0 bridgehead atoms. The van der Waals surface area contributed by atoms with Crippen LogP contribution in [-0.2, 0) is 0 Å². The van der Waals surface area contributed by atoms with Crippen LogP contribution in [0.5, 0.6) is 0 Å². The van der Waals surface area contributed by atoms with E-state index in [1.54, 1.807) is 9.13 Å². The number of anilines is 6. The molecule has 0 unspecified atom stereocenters. The zero-order valence-corrected chi connectivity index (χ0v) is 78.0. The molecular weight excluding hydrogens is 1770 g/mol. The van der Waals surface area contributed by atoms with Crippen LogP contribution in [0.3, 0.4) is 0 Å². The highest BCUT2D eigenvalue weighted by molar-refractivity contribution is 7.00. The maximum absolute atomic E-state index is 11.0. The third-order valence-corrected chi connectivity index (χ3v) is 31.5. The predicted octanol–water partition coefficient (Wildman–Crippen LogP) is 34.7. The van der Waals surface area contributed by atoms with Crippen molar-refractivity contribution in [3.05, 3.63) is 497 Å². The predicted molar refractivity (Wildman–Crippen MR) is 617 cm³/mol. The van der Waals surface area contributed by atoms with Gasteiger partial charge in [0.1, 0.15) is 0 Å². The van der Waals surface area contributed by atoms with E-state index in [1.807, 2.05) is 91.0 Å². The van der Waals surface area contributed by atoms with Gasteiger partial charge in [0.25, 0.3) is 6.71 Å². The summed E-state index contributed by atoms with van der Waals surface area (Å²) in [4.78, 5) is 4.91. The van der Waals surface area contributed by atoms with E-state index in [2.05, 4.69) is 345 Å². The summed E-state index contributed by atoms with van der Waals surface area (Å²) in [7, 11) is 0. The van der Waals surface area contributed by atoms with Gasteiger partial charge in [-0.05, 0) is 223 Å². The Balaban J connectivity index is 0.783. The summed E-state index contributed by atoms with van der Waals surface area (Å²) >= 11 is 0. The van der Waals surface area contributed by atoms with Crippen LogP contribution in [-0.4, -0.2) is 29.0 Å². The van der Waals surface area contributed by atoms with E-state index in [4.69, 9.17) is 0 Å². The van der Waals surface area contributed by atoms with Crippen LogP contribution in [0.4, 0.5) is 34.1 Å². The second-order valence-electron chi connectivity index (χ2n) is 38.9. The first-order valence-electron chi connectivity index (χ1n) is 56.6. The van der Waals surface area contributed by atoms with E-state index < -0.39 is 55.1 Å². The summed E-state index contributed by atoms with van der Waals surface area (Å²) in [6, 6.07) is 139. The quantitative estimate of drug-likeness (QED) is 0.114. The van der Waals surface area contributed by atoms with Crippen LogP contribution < -0.4 is 26.2 Å². The second-order valence-corrected chi connectivity index (χ2v) is 38.9. The monoisotopic (exact) mass is 1860 g/mol. The van der Waals surface area contributed by atoms with Gasteiger partial charge in [0, 0.05) is 143 Å². The lowest BCUT2D eigenvalue weighted by Gasteiger charge is -2.46. The largest absolute Gasteiger partial charge is 0.310 e. The standard InChI is InChI=1S/C138H82BN7/c1-6-32-83(33-7-1)89-60-65-106-99-42-16-23-53-119(99)140(127(106)77-89)95-63-67-117-129(81-95)145(134-97(93-73-113-102-45-19-26-56-122(102)142-123-57-27-20-46-103(123)114(74-93)137(113)142)49-30-50-98(134)94-75-115-104-47-21-28-58-124(104)143-125-59-29-22-48-105(125)116(76-94)138(115)143)131-79-92(88-62-69-126-112(70-88)109-52-31-51-108-101-44-18-25-55-121(101)144(126)135(108)109)80-132-133(131)139(117)118-68-64-96(141-120-54-24-17-43-100(120)107-66-61-90(78-128(107)141)84-34-8-2-9-35-84)82-130(118)146(132)136-110(86-38-12-4-13-39-86)71-91(85-36-10-3-11-37-85)72-111(136)87-40-14-5-15-41-87/h1-82H/i16D,17D,23D,24D,42D,43D,53D,54D,60D,61D,65D,66D,77D,78D. The average Bonchev–Trinajstić information content (AvgIpc) is 0.704. The van der Waals surface area contributed by atoms with Gasteiger partial charge in [0.2, 0.25) is 0 Å². The van der Waals surface area contributed by atoms with Crippen molar-refractivity contribution in [1.29, 1.82) is 0 Å². The van der Waals surface area contributed by atoms with Gasteiger partial charge in [0.05, 0.1) is 102 Å². The first-order valence-corrected chi connectivity index (χ1v) is 49.6. The summed E-state index contributed by atoms with van der Waals surface area (Å²) in [6.07, 6.45) is 0. The molecular formula is C138H82BN7. The third kappa shape index (κ3) is 11.1. The Labute approximate surface area is 858 Å². The van der Waals surface area contributed by atoms with Crippen LogP contribution in [0, 0.1) is 0 Å². The molecule has 0 aliphatic carbocycles. The smallest absolute Gasteiger partial charge is 0.252 e. The molecule has 31 aromatic rings. The Morgan fingerprint density at radius 1 is 0.178 bits per heavy atom. The molecule has 0 spiro atoms. The van der Waals surface area contributed by atoms with Crippen LogP contribution >= 0.6 is 0 Å². The number of aromatic nitrogens is 5. The third-order valence-electron chi connectivity index (χ3n) is 31.5. The molecule has 2 aliphatic rings. The van der Waals surface area contributed by atoms with Gasteiger partial charge in [-0.1, -0.05) is 358 Å². The summed E-state index contributed by atoms with van der Waals surface area (Å²) in [5, 5.41) is 12.7. The normalized spacial score (nSPS) is 14.1. The molecule has 8 aromatic heterocycles. The van der Waals surface area contributed by atoms with Gasteiger partial charge in [0.15, 0.2) is 0 Å². The van der Waals surface area contributed by atoms with E-state index in [1.165, 1.54) is 0 Å². The summed E-state index contributed by atoms with van der Waals surface area (Å²) in [5.41, 5.74) is 28.4. The Morgan fingerprint density at radius 2 is 0.507 bits per heavy atom. The molecule has 0 saturated carbocycles. The molecule has 0 radical (unpaired) electrons. The molecule has 0 saturated heterocycles. The number of benzene rings is 23. The molecule has 10 heterocycles. The van der Waals surface area contributed by atoms with E-state index in [-0.39, 0.29) is 91.0 Å². The minimum absolute atomic E-state index is 0.00134. The number of rotatable bonds is 12. The topological polar surface area (TPSA) is 29.6 Å². The lowest BCUT2D eigenvalue weighted by atomic mass is 9.33. The van der Waals surface area contributed by atoms with Crippen molar-refractivity contribution in [2.24, 2.45) is 0 Å². The summed E-state index contributed by atoms with van der Waals surface area (Å²) in [5.74, 6) is 0. The Hall–Kier alpha value is -19.3. The molecule has 33 rings (SSSR count). The maximum atomic E-state index is 11.0. The van der Waals surface area contributed by atoms with E-state index in [0.717, 1.165) is 209 Å². The highest BCUT2D eigenvalue weighted by atomic mass is 15.2. The lowest BCUT2D eigenvalue weighted by molar-refractivity contribution is 1.17. The van der Waals surface area contributed by atoms with Crippen molar-refractivity contribution >= 4 is 215 Å². The first kappa shape index (κ1) is 67.1. The van der Waals surface area contributed by atoms with Crippen LogP contribution in [0.2, 0.25) is 0 Å². The number of para-hydroxylation sites is 9. The minimum Gasteiger partial charge on any atom is -0.310 e. The van der Waals surface area contributed by atoms with Crippen molar-refractivity contribution in [3.8, 4) is 100 Å². The van der Waals surface area contributed by atoms with Crippen molar-refractivity contribution in [2.75, 3.05) is 9.80 Å². The van der Waals surface area contributed by atoms with Crippen molar-refractivity contribution in [3.63, 3.8) is 0 Å². The van der Waals surface area contributed by atoms with Gasteiger partial charge < -0.3 is 32.1 Å². The molecule has 7 nitrogen and oxygen atoms in total. The molecule has 0 N–H and O–H groups in total. The molecule has 0 amide bonds. The second kappa shape index (κ2) is 30.1. The lowest BCUT2D eigenvalue weighted by Crippen LogP contribution is -2.61. The number of nitrogens with zero attached hydrogens (tertiary/aromatic N) is 7. The van der Waals surface area contributed by atoms with Gasteiger partial charge in [-0.15, -0.1) is 0 Å². The molecule has 0 atom stereocenters. The Morgan fingerprint density at radius 3 is 0.938 bits per heavy atom. The Kier molecular flexibility index (Phi) is 13.9. The maximum Gasteiger partial charge on any atom is 0.252 e. The van der Waals surface area contributed by atoms with Gasteiger partial charge in [-0.3, -0.25) is 0 Å². The van der Waals surface area contributed by atoms with Gasteiger partial charge >= 0.3 is 0 Å². The molecule has 2 aliphatic heterocycles. The number of hydrogen-bond donors (Lipinski definition) is 0. The average molecular weight is 1860 g/mol. The number of fused-ring (bicyclic) bond motifs is 28. The van der Waals surface area contributed by atoms with E-state index >= 15 is 0 Å². The van der Waals surface area contributed by atoms with Gasteiger partial charge in [-0.25, -0.2) is 0 Å². The Bertz CT molecular complexity index is 11500.